The fourth-order valence-corrected chi connectivity index (χ4v) is 8.74. The first-order chi connectivity index (χ1) is 22.4. The van der Waals surface area contributed by atoms with Crippen molar-refractivity contribution in [1.82, 2.24) is 25.2 Å². The minimum atomic E-state index is -0.851. The molecule has 2 unspecified atom stereocenters. The number of piperazine rings is 1. The van der Waals surface area contributed by atoms with Gasteiger partial charge in [-0.2, -0.15) is 9.97 Å². The summed E-state index contributed by atoms with van der Waals surface area (Å²) in [5.74, 6) is 3.08. The molecule has 4 atom stereocenters. The van der Waals surface area contributed by atoms with Gasteiger partial charge in [0.15, 0.2) is 5.82 Å². The topological polar surface area (TPSA) is 86.6 Å². The molecule has 9 rings (SSSR count). The van der Waals surface area contributed by atoms with Gasteiger partial charge in [-0.05, 0) is 85.7 Å². The summed E-state index contributed by atoms with van der Waals surface area (Å²) in [5.41, 5.74) is 3.62. The standard InChI is InChI=1S/C36H36F2N6O2/c1-2-26-29(38)9-6-21-12-25(45)13-27(30(21)26)28-15-39-33-32(31(28)20-4-5-20)41-35(42-34(33)43-17-23-7-8-24(18-43)40-23)46-19-36-10-3-11-44(36)16-22(37)14-36/h1,6,9,12-13,15,20,22-24,40,45H,3-5,7-8,10-11,14,16-19H2/t22-,23?,24?,36+/m1/s1. The Morgan fingerprint density at radius 3 is 2.67 bits per heavy atom. The monoisotopic (exact) mass is 622 g/mol. The number of pyridine rings is 1. The molecule has 2 aromatic carbocycles. The lowest BCUT2D eigenvalue weighted by Crippen LogP contribution is -2.51. The lowest BCUT2D eigenvalue weighted by atomic mass is 9.90. The van der Waals surface area contributed by atoms with Gasteiger partial charge in [-0.25, -0.2) is 8.78 Å². The van der Waals surface area contributed by atoms with E-state index in [4.69, 9.17) is 26.1 Å². The molecule has 1 saturated carbocycles. The second kappa shape index (κ2) is 10.5. The van der Waals surface area contributed by atoms with E-state index in [9.17, 15) is 9.50 Å². The van der Waals surface area contributed by atoms with Crippen LogP contribution in [0.1, 0.15) is 62.0 Å². The number of fused-ring (bicyclic) bond motifs is 5. The van der Waals surface area contributed by atoms with E-state index in [1.807, 2.05) is 6.20 Å². The molecule has 4 saturated heterocycles. The van der Waals surface area contributed by atoms with Crippen LogP contribution in [0.5, 0.6) is 11.8 Å². The van der Waals surface area contributed by atoms with Gasteiger partial charge in [0.05, 0.1) is 11.1 Å². The maximum absolute atomic E-state index is 15.1. The van der Waals surface area contributed by atoms with Crippen molar-refractivity contribution in [1.29, 1.82) is 0 Å². The first-order valence-electron chi connectivity index (χ1n) is 16.5. The van der Waals surface area contributed by atoms with E-state index in [1.165, 1.54) is 6.07 Å². The van der Waals surface area contributed by atoms with E-state index in [1.54, 1.807) is 18.2 Å². The SMILES string of the molecule is C#Cc1c(F)ccc2cc(O)cc(-c3cnc4c(N5CC6CCC(C5)N6)nc(OC[C@@]56CCCN5C[C@H](F)C6)nc4c3C3CC3)c12. The fourth-order valence-electron chi connectivity index (χ4n) is 8.74. The Labute approximate surface area is 266 Å². The summed E-state index contributed by atoms with van der Waals surface area (Å²) in [6.07, 6.45) is 13.4. The molecule has 0 amide bonds. The average molecular weight is 623 g/mol. The summed E-state index contributed by atoms with van der Waals surface area (Å²) in [7, 11) is 0. The van der Waals surface area contributed by atoms with Crippen LogP contribution >= 0.6 is 0 Å². The third kappa shape index (κ3) is 4.50. The van der Waals surface area contributed by atoms with Crippen molar-refractivity contribution in [2.75, 3.05) is 37.7 Å². The number of rotatable bonds is 6. The number of anilines is 1. The number of hydrogen-bond donors (Lipinski definition) is 2. The Bertz CT molecular complexity index is 1930. The number of phenols is 1. The van der Waals surface area contributed by atoms with Gasteiger partial charge < -0.3 is 20.1 Å². The molecular weight excluding hydrogens is 586 g/mol. The Balaban J connectivity index is 1.23. The summed E-state index contributed by atoms with van der Waals surface area (Å²) in [6.45, 7) is 3.29. The molecule has 5 aliphatic rings. The van der Waals surface area contributed by atoms with Crippen molar-refractivity contribution in [3.05, 3.63) is 47.4 Å². The Kier molecular flexibility index (Phi) is 6.42. The minimum Gasteiger partial charge on any atom is -0.508 e. The van der Waals surface area contributed by atoms with E-state index in [0.717, 1.165) is 75.1 Å². The highest BCUT2D eigenvalue weighted by Gasteiger charge is 2.49. The van der Waals surface area contributed by atoms with E-state index in [0.29, 0.717) is 59.0 Å². The van der Waals surface area contributed by atoms with Crippen LogP contribution in [0.15, 0.2) is 30.5 Å². The fraction of sp³-hybridized carbons (Fsp3) is 0.472. The average Bonchev–Trinajstić information content (AvgIpc) is 3.63. The maximum Gasteiger partial charge on any atom is 0.319 e. The Morgan fingerprint density at radius 2 is 1.89 bits per heavy atom. The summed E-state index contributed by atoms with van der Waals surface area (Å²) < 4.78 is 36.1. The predicted octanol–water partition coefficient (Wildman–Crippen LogP) is 5.44. The van der Waals surface area contributed by atoms with Crippen LogP contribution in [0, 0.1) is 18.2 Å². The maximum atomic E-state index is 15.1. The summed E-state index contributed by atoms with van der Waals surface area (Å²) in [5, 5.41) is 15.7. The molecule has 0 spiro atoms. The summed E-state index contributed by atoms with van der Waals surface area (Å²) in [6, 6.07) is 7.27. The first-order valence-corrected chi connectivity index (χ1v) is 16.5. The molecular formula is C36H36F2N6O2. The summed E-state index contributed by atoms with van der Waals surface area (Å²) >= 11 is 0. The molecule has 4 aliphatic heterocycles. The van der Waals surface area contributed by atoms with Crippen LogP contribution in [-0.2, 0) is 0 Å². The Morgan fingerprint density at radius 1 is 1.07 bits per heavy atom. The highest BCUT2D eigenvalue weighted by atomic mass is 19.1. The molecule has 2 N–H and O–H groups in total. The zero-order chi connectivity index (χ0) is 31.2. The quantitative estimate of drug-likeness (QED) is 0.275. The number of terminal acetylenes is 1. The van der Waals surface area contributed by atoms with Crippen molar-refractivity contribution >= 4 is 27.6 Å². The van der Waals surface area contributed by atoms with E-state index in [2.05, 4.69) is 21.0 Å². The number of halogens is 2. The number of phenolic OH excluding ortho intramolecular Hbond substituents is 1. The van der Waals surface area contributed by atoms with E-state index >= 15 is 4.39 Å². The third-order valence-corrected chi connectivity index (χ3v) is 10.9. The number of ether oxygens (including phenoxy) is 1. The number of aromatic hydroxyl groups is 1. The molecule has 6 heterocycles. The van der Waals surface area contributed by atoms with Crippen LogP contribution in [0.2, 0.25) is 0 Å². The molecule has 5 fully saturated rings. The number of hydrogen-bond acceptors (Lipinski definition) is 8. The van der Waals surface area contributed by atoms with Crippen LogP contribution in [-0.4, -0.2) is 81.5 Å². The number of aromatic nitrogens is 3. The second-order valence-corrected chi connectivity index (χ2v) is 14.0. The van der Waals surface area contributed by atoms with Gasteiger partial charge in [0, 0.05) is 55.3 Å². The van der Waals surface area contributed by atoms with Gasteiger partial charge in [0.25, 0.3) is 0 Å². The lowest BCUT2D eigenvalue weighted by Gasteiger charge is -2.34. The van der Waals surface area contributed by atoms with Gasteiger partial charge >= 0.3 is 6.01 Å². The largest absolute Gasteiger partial charge is 0.508 e. The van der Waals surface area contributed by atoms with Crippen molar-refractivity contribution in [3.63, 3.8) is 0 Å². The van der Waals surface area contributed by atoms with Gasteiger partial charge in [0.1, 0.15) is 35.4 Å². The normalized spacial score (nSPS) is 27.4. The molecule has 2 bridgehead atoms. The molecule has 0 radical (unpaired) electrons. The second-order valence-electron chi connectivity index (χ2n) is 14.0. The van der Waals surface area contributed by atoms with E-state index < -0.39 is 12.0 Å². The van der Waals surface area contributed by atoms with Gasteiger partial charge in [0.2, 0.25) is 0 Å². The number of nitrogens with zero attached hydrogens (tertiary/aromatic N) is 5. The highest BCUT2D eigenvalue weighted by molar-refractivity contribution is 6.04. The number of alkyl halides is 1. The molecule has 1 aliphatic carbocycles. The molecule has 46 heavy (non-hydrogen) atoms. The van der Waals surface area contributed by atoms with Crippen LogP contribution < -0.4 is 15.0 Å². The molecule has 10 heteroatoms. The van der Waals surface area contributed by atoms with Crippen molar-refractivity contribution < 1.29 is 18.6 Å². The highest BCUT2D eigenvalue weighted by Crippen LogP contribution is 2.50. The summed E-state index contributed by atoms with van der Waals surface area (Å²) in [4.78, 5) is 19.6. The van der Waals surface area contributed by atoms with Crippen molar-refractivity contribution in [2.45, 2.75) is 74.7 Å². The Hall–Kier alpha value is -4.07. The molecule has 8 nitrogen and oxygen atoms in total. The zero-order valence-corrected chi connectivity index (χ0v) is 25.6. The minimum absolute atomic E-state index is 0.0609. The van der Waals surface area contributed by atoms with Crippen LogP contribution in [0.25, 0.3) is 32.9 Å². The van der Waals surface area contributed by atoms with Crippen molar-refractivity contribution in [2.24, 2.45) is 0 Å². The molecule has 2 aromatic heterocycles. The molecule has 4 aromatic rings. The lowest BCUT2D eigenvalue weighted by molar-refractivity contribution is 0.107. The first kappa shape index (κ1) is 28.2. The van der Waals surface area contributed by atoms with Crippen LogP contribution in [0.4, 0.5) is 14.6 Å². The molecule has 236 valence electrons. The van der Waals surface area contributed by atoms with Crippen molar-refractivity contribution in [3.8, 4) is 35.2 Å². The third-order valence-electron chi connectivity index (χ3n) is 10.9. The van der Waals surface area contributed by atoms with Gasteiger partial charge in [-0.3, -0.25) is 9.88 Å². The van der Waals surface area contributed by atoms with Crippen LogP contribution in [0.3, 0.4) is 0 Å². The predicted molar refractivity (Wildman–Crippen MR) is 173 cm³/mol. The number of nitrogens with one attached hydrogen (secondary N) is 1. The van der Waals surface area contributed by atoms with Gasteiger partial charge in [-0.1, -0.05) is 12.0 Å². The smallest absolute Gasteiger partial charge is 0.319 e. The van der Waals surface area contributed by atoms with E-state index in [-0.39, 0.29) is 28.8 Å². The number of benzene rings is 2. The van der Waals surface area contributed by atoms with Gasteiger partial charge in [-0.15, -0.1) is 6.42 Å². The zero-order valence-electron chi connectivity index (χ0n) is 25.6.